The highest BCUT2D eigenvalue weighted by molar-refractivity contribution is 7.13. The van der Waals surface area contributed by atoms with E-state index in [-0.39, 0.29) is 5.91 Å². The molecule has 5 nitrogen and oxygen atoms in total. The van der Waals surface area contributed by atoms with E-state index in [2.05, 4.69) is 58.2 Å². The van der Waals surface area contributed by atoms with E-state index in [1.54, 1.807) is 11.3 Å². The summed E-state index contributed by atoms with van der Waals surface area (Å²) in [6.45, 7) is 9.26. The van der Waals surface area contributed by atoms with Crippen LogP contribution >= 0.6 is 11.3 Å². The fourth-order valence-corrected chi connectivity index (χ4v) is 3.84. The fourth-order valence-electron chi connectivity index (χ4n) is 3.14. The smallest absolute Gasteiger partial charge is 0.234 e. The maximum Gasteiger partial charge on any atom is 0.234 e. The maximum absolute atomic E-state index is 12.2. The molecule has 6 heteroatoms. The van der Waals surface area contributed by atoms with Gasteiger partial charge in [-0.15, -0.1) is 11.3 Å². The minimum Gasteiger partial charge on any atom is -0.355 e. The van der Waals surface area contributed by atoms with Gasteiger partial charge >= 0.3 is 0 Å². The Bertz CT molecular complexity index is 676. The summed E-state index contributed by atoms with van der Waals surface area (Å²) < 4.78 is 0. The zero-order valence-corrected chi connectivity index (χ0v) is 16.5. The van der Waals surface area contributed by atoms with Gasteiger partial charge in [-0.25, -0.2) is 4.98 Å². The van der Waals surface area contributed by atoms with Crippen molar-refractivity contribution >= 4 is 22.4 Å². The Morgan fingerprint density at radius 2 is 1.92 bits per heavy atom. The molecular formula is C20H28N4OS. The summed E-state index contributed by atoms with van der Waals surface area (Å²) in [6.07, 6.45) is 2.72. The summed E-state index contributed by atoms with van der Waals surface area (Å²) in [6, 6.07) is 8.70. The zero-order chi connectivity index (χ0) is 18.4. The van der Waals surface area contributed by atoms with Gasteiger partial charge in [-0.3, -0.25) is 9.69 Å². The Labute approximate surface area is 160 Å². The monoisotopic (exact) mass is 372 g/mol. The van der Waals surface area contributed by atoms with Gasteiger partial charge in [0.2, 0.25) is 5.91 Å². The predicted octanol–water partition coefficient (Wildman–Crippen LogP) is 2.75. The second kappa shape index (κ2) is 9.14. The lowest BCUT2D eigenvalue weighted by molar-refractivity contribution is -0.122. The average molecular weight is 373 g/mol. The molecule has 1 aromatic heterocycles. The van der Waals surface area contributed by atoms with E-state index in [0.29, 0.717) is 19.0 Å². The molecule has 0 saturated carbocycles. The third-order valence-corrected chi connectivity index (χ3v) is 5.64. The molecule has 0 aliphatic carbocycles. The molecule has 140 valence electrons. The van der Waals surface area contributed by atoms with Crippen molar-refractivity contribution in [2.24, 2.45) is 0 Å². The number of nitrogens with one attached hydrogen (secondary N) is 1. The molecule has 0 atom stereocenters. The van der Waals surface area contributed by atoms with Gasteiger partial charge in [0.25, 0.3) is 0 Å². The van der Waals surface area contributed by atoms with Crippen LogP contribution in [-0.4, -0.2) is 55.1 Å². The van der Waals surface area contributed by atoms with Crippen LogP contribution in [-0.2, 0) is 11.2 Å². The summed E-state index contributed by atoms with van der Waals surface area (Å²) in [4.78, 5) is 21.0. The molecule has 1 saturated heterocycles. The van der Waals surface area contributed by atoms with Crippen LogP contribution in [0.15, 0.2) is 35.8 Å². The van der Waals surface area contributed by atoms with Crippen molar-refractivity contribution in [2.45, 2.75) is 26.2 Å². The van der Waals surface area contributed by atoms with Crippen molar-refractivity contribution < 1.29 is 4.79 Å². The van der Waals surface area contributed by atoms with Crippen LogP contribution in [0.1, 0.15) is 30.9 Å². The summed E-state index contributed by atoms with van der Waals surface area (Å²) in [5, 5.41) is 6.14. The summed E-state index contributed by atoms with van der Waals surface area (Å²) in [5.74, 6) is 0.673. The third kappa shape index (κ3) is 5.29. The number of benzene rings is 1. The van der Waals surface area contributed by atoms with Crippen molar-refractivity contribution in [3.63, 3.8) is 0 Å². The second-order valence-corrected chi connectivity index (χ2v) is 7.95. The Morgan fingerprint density at radius 3 is 2.54 bits per heavy atom. The van der Waals surface area contributed by atoms with E-state index in [9.17, 15) is 4.79 Å². The third-order valence-electron chi connectivity index (χ3n) is 4.81. The summed E-state index contributed by atoms with van der Waals surface area (Å²) in [7, 11) is 0. The van der Waals surface area contributed by atoms with E-state index in [1.165, 1.54) is 11.1 Å². The molecular weight excluding hydrogens is 344 g/mol. The molecule has 1 amide bonds. The molecule has 1 aliphatic heterocycles. The molecule has 1 aliphatic rings. The molecule has 0 radical (unpaired) electrons. The Hall–Kier alpha value is -1.92. The van der Waals surface area contributed by atoms with Crippen LogP contribution in [0.4, 0.5) is 5.13 Å². The first-order valence-corrected chi connectivity index (χ1v) is 10.2. The number of carbonyl (C=O) groups excluding carboxylic acids is 1. The van der Waals surface area contributed by atoms with Gasteiger partial charge in [0.15, 0.2) is 5.13 Å². The topological polar surface area (TPSA) is 48.5 Å². The van der Waals surface area contributed by atoms with Gasteiger partial charge in [0, 0.05) is 44.3 Å². The van der Waals surface area contributed by atoms with Crippen LogP contribution in [0.25, 0.3) is 0 Å². The molecule has 2 aromatic rings. The van der Waals surface area contributed by atoms with E-state index in [0.717, 1.165) is 37.7 Å². The minimum absolute atomic E-state index is 0.117. The number of piperazine rings is 1. The van der Waals surface area contributed by atoms with Gasteiger partial charge in [0.05, 0.1) is 6.54 Å². The predicted molar refractivity (Wildman–Crippen MR) is 108 cm³/mol. The molecule has 1 fully saturated rings. The largest absolute Gasteiger partial charge is 0.355 e. The Balaban J connectivity index is 1.34. The maximum atomic E-state index is 12.2. The van der Waals surface area contributed by atoms with E-state index in [4.69, 9.17) is 0 Å². The van der Waals surface area contributed by atoms with Crippen molar-refractivity contribution in [1.82, 2.24) is 15.2 Å². The number of carbonyl (C=O) groups is 1. The van der Waals surface area contributed by atoms with Crippen molar-refractivity contribution in [3.8, 4) is 0 Å². The average Bonchev–Trinajstić information content (AvgIpc) is 3.17. The Morgan fingerprint density at radius 1 is 1.19 bits per heavy atom. The number of anilines is 1. The lowest BCUT2D eigenvalue weighted by atomic mass is 10.0. The second-order valence-electron chi connectivity index (χ2n) is 7.07. The van der Waals surface area contributed by atoms with Crippen LogP contribution < -0.4 is 10.2 Å². The van der Waals surface area contributed by atoms with Crippen molar-refractivity contribution in [2.75, 3.05) is 44.2 Å². The zero-order valence-electron chi connectivity index (χ0n) is 15.6. The van der Waals surface area contributed by atoms with E-state index < -0.39 is 0 Å². The lowest BCUT2D eigenvalue weighted by Crippen LogP contribution is -2.49. The number of thiazole rings is 1. The molecule has 0 bridgehead atoms. The van der Waals surface area contributed by atoms with Gasteiger partial charge in [-0.1, -0.05) is 38.1 Å². The van der Waals surface area contributed by atoms with Crippen LogP contribution in [0.5, 0.6) is 0 Å². The molecule has 3 rings (SSSR count). The van der Waals surface area contributed by atoms with Crippen LogP contribution in [0, 0.1) is 0 Å². The quantitative estimate of drug-likeness (QED) is 0.812. The highest BCUT2D eigenvalue weighted by Gasteiger charge is 2.20. The highest BCUT2D eigenvalue weighted by Crippen LogP contribution is 2.18. The number of nitrogens with zero attached hydrogens (tertiary/aromatic N) is 3. The molecule has 1 aromatic carbocycles. The SMILES string of the molecule is CC(C)c1ccc(CCNC(=O)CN2CCN(c3nccs3)CC2)cc1. The number of aromatic nitrogens is 1. The normalized spacial score (nSPS) is 15.4. The lowest BCUT2D eigenvalue weighted by Gasteiger charge is -2.34. The molecule has 0 unspecified atom stereocenters. The number of rotatable bonds is 7. The van der Waals surface area contributed by atoms with Crippen molar-refractivity contribution in [1.29, 1.82) is 0 Å². The summed E-state index contributed by atoms with van der Waals surface area (Å²) >= 11 is 1.67. The van der Waals surface area contributed by atoms with Gasteiger partial charge in [-0.05, 0) is 23.5 Å². The standard InChI is InChI=1S/C20H28N4OS/c1-16(2)18-5-3-17(4-6-18)7-8-21-19(25)15-23-10-12-24(13-11-23)20-22-9-14-26-20/h3-6,9,14,16H,7-8,10-13,15H2,1-2H3,(H,21,25). The first kappa shape index (κ1) is 18.9. The van der Waals surface area contributed by atoms with Crippen molar-refractivity contribution in [3.05, 3.63) is 47.0 Å². The van der Waals surface area contributed by atoms with E-state index in [1.807, 2.05) is 11.6 Å². The highest BCUT2D eigenvalue weighted by atomic mass is 32.1. The molecule has 2 heterocycles. The minimum atomic E-state index is 0.117. The van der Waals surface area contributed by atoms with Crippen LogP contribution in [0.2, 0.25) is 0 Å². The number of hydrogen-bond acceptors (Lipinski definition) is 5. The van der Waals surface area contributed by atoms with Gasteiger partial charge in [-0.2, -0.15) is 0 Å². The Kier molecular flexibility index (Phi) is 6.63. The first-order chi connectivity index (χ1) is 12.6. The molecule has 26 heavy (non-hydrogen) atoms. The van der Waals surface area contributed by atoms with Gasteiger partial charge < -0.3 is 10.2 Å². The van der Waals surface area contributed by atoms with Gasteiger partial charge in [0.1, 0.15) is 0 Å². The molecule has 1 N–H and O–H groups in total. The number of hydrogen-bond donors (Lipinski definition) is 1. The number of amides is 1. The van der Waals surface area contributed by atoms with Crippen LogP contribution in [0.3, 0.4) is 0 Å². The summed E-state index contributed by atoms with van der Waals surface area (Å²) in [5.41, 5.74) is 2.63. The fraction of sp³-hybridized carbons (Fsp3) is 0.500. The molecule has 0 spiro atoms. The first-order valence-electron chi connectivity index (χ1n) is 9.34. The van der Waals surface area contributed by atoms with E-state index >= 15 is 0 Å².